The summed E-state index contributed by atoms with van der Waals surface area (Å²) >= 11 is -10.9. The molecule has 0 fully saturated rings. The van der Waals surface area contributed by atoms with E-state index in [9.17, 15) is 0 Å². The normalized spacial score (nSPS) is 3.71. The first kappa shape index (κ1) is 56.3. The fraction of sp³-hybridized carbons (Fsp3) is 0. The van der Waals surface area contributed by atoms with E-state index in [0.29, 0.717) is 0 Å². The molecule has 0 aliphatic heterocycles. The van der Waals surface area contributed by atoms with Crippen LogP contribution in [0.5, 0.6) is 0 Å². The Morgan fingerprint density at radius 3 is 0.619 bits per heavy atom. The summed E-state index contributed by atoms with van der Waals surface area (Å²) in [5.74, 6) is 0. The van der Waals surface area contributed by atoms with Gasteiger partial charge in [0.2, 0.25) is 0 Å². The fourth-order valence-corrected chi connectivity index (χ4v) is 0. The molecule has 21 heavy (non-hydrogen) atoms. The van der Waals surface area contributed by atoms with Gasteiger partial charge in [0, 0.05) is 5.15 Å². The summed E-state index contributed by atoms with van der Waals surface area (Å²) in [6.07, 6.45) is 0. The number of halogens is 2. The van der Waals surface area contributed by atoms with Crippen molar-refractivity contribution in [3.63, 3.8) is 0 Å². The van der Waals surface area contributed by atoms with Gasteiger partial charge in [0.15, 0.2) is 0 Å². The first-order valence-electron chi connectivity index (χ1n) is 2.67. The molecular formula is H5F2Ge5LiO11RbSc. The molecule has 0 spiro atoms. The molecule has 0 rings (SSSR count). The van der Waals surface area contributed by atoms with E-state index in [0.717, 1.165) is 0 Å². The molecule has 0 aromatic rings. The largest absolute Gasteiger partial charge is 3.00 e. The Morgan fingerprint density at radius 2 is 0.619 bits per heavy atom. The minimum absolute atomic E-state index is 0. The van der Waals surface area contributed by atoms with Crippen molar-refractivity contribution < 1.29 is 157 Å². The standard InChI is InChI=1S/F2O.5GeHO2.Li.Rb.Sc/c1-3-2;5*2-1-3;;;/h;5*1H;;;/q;5*-1;2*+1;+3. The molecule has 0 saturated heterocycles. The van der Waals surface area contributed by atoms with Crippen LogP contribution in [-0.4, -0.2) is 78.5 Å². The van der Waals surface area contributed by atoms with Gasteiger partial charge in [-0.05, 0) is 9.05 Å². The number of hydrogen-bond acceptors (Lipinski definition) is 11. The molecule has 0 heterocycles. The summed E-state index contributed by atoms with van der Waals surface area (Å²) < 4.78 is 104. The maximum Gasteiger partial charge on any atom is 3.00 e. The van der Waals surface area contributed by atoms with Crippen molar-refractivity contribution in [2.24, 2.45) is 0 Å². The molecule has 0 aliphatic carbocycles. The number of hydrogen-bond donors (Lipinski definition) is 0. The third-order valence-electron chi connectivity index (χ3n) is 0. The third-order valence-corrected chi connectivity index (χ3v) is 0. The van der Waals surface area contributed by atoms with Gasteiger partial charge in [0.05, 0.1) is 0 Å². The summed E-state index contributed by atoms with van der Waals surface area (Å²) in [7, 11) is 0. The van der Waals surface area contributed by atoms with Crippen LogP contribution in [0.15, 0.2) is 0 Å². The Balaban J connectivity index is -0.0000000114. The Hall–Kier alpha value is 3.81. The zero-order valence-electron chi connectivity index (χ0n) is 10.7. The van der Waals surface area contributed by atoms with Gasteiger partial charge in [-0.1, -0.05) is 0 Å². The molecule has 0 radical (unpaired) electrons. The van der Waals surface area contributed by atoms with Crippen LogP contribution in [0.2, 0.25) is 0 Å². The van der Waals surface area contributed by atoms with Crippen molar-refractivity contribution in [1.29, 1.82) is 0 Å². The topological polar surface area (TPSA) is 210 Å². The summed E-state index contributed by atoms with van der Waals surface area (Å²) in [6.45, 7) is 0. The van der Waals surface area contributed by atoms with Gasteiger partial charge in [0.1, 0.15) is 0 Å². The van der Waals surface area contributed by atoms with E-state index in [1.807, 2.05) is 0 Å². The Morgan fingerprint density at radius 1 is 0.619 bits per heavy atom. The predicted molar refractivity (Wildman–Crippen MR) is 42.5 cm³/mol. The quantitative estimate of drug-likeness (QED) is 0.215. The molecule has 0 unspecified atom stereocenters. The van der Waals surface area contributed by atoms with Crippen LogP contribution < -0.4 is 97.7 Å². The summed E-state index contributed by atoms with van der Waals surface area (Å²) in [4.78, 5) is 0. The second kappa shape index (κ2) is 129. The molecule has 0 atom stereocenters. The van der Waals surface area contributed by atoms with Crippen LogP contribution in [0.1, 0.15) is 0 Å². The molecule has 0 amide bonds. The van der Waals surface area contributed by atoms with Crippen LogP contribution in [-0.2, 0) is 49.9 Å². The van der Waals surface area contributed by atoms with Crippen molar-refractivity contribution >= 4 is 78.5 Å². The zero-order chi connectivity index (χ0) is 16.2. The molecule has 0 aromatic carbocycles. The molecule has 11 nitrogen and oxygen atoms in total. The van der Waals surface area contributed by atoms with Gasteiger partial charge >= 0.3 is 221 Å². The van der Waals surface area contributed by atoms with Crippen LogP contribution in [0.25, 0.3) is 0 Å². The Kier molecular flexibility index (Phi) is 345. The molecule has 0 aromatic heterocycles. The minimum Gasteiger partial charge on any atom is 1.00 e. The molecule has 0 saturated carbocycles. The Labute approximate surface area is 230 Å². The molecule has 21 heteroatoms. The third kappa shape index (κ3) is 781. The fourth-order valence-electron chi connectivity index (χ4n) is 0. The molecule has 0 N–H and O–H groups in total. The Bertz CT molecular complexity index is 124. The van der Waals surface area contributed by atoms with E-state index in [2.05, 4.69) is 0 Å². The van der Waals surface area contributed by atoms with E-state index in [4.69, 9.17) is 48.6 Å². The van der Waals surface area contributed by atoms with E-state index in [-0.39, 0.29) is 103 Å². The summed E-state index contributed by atoms with van der Waals surface area (Å²) in [5.41, 5.74) is 0. The average Bonchev–Trinajstić information content (AvgIpc) is 2.23. The second-order valence-corrected chi connectivity index (χ2v) is 2.56. The van der Waals surface area contributed by atoms with Crippen molar-refractivity contribution in [3.05, 3.63) is 0 Å². The van der Waals surface area contributed by atoms with Crippen LogP contribution >= 0.6 is 0 Å². The van der Waals surface area contributed by atoms with Gasteiger partial charge in [-0.15, -0.1) is 0 Å². The van der Waals surface area contributed by atoms with Gasteiger partial charge in [-0.25, -0.2) is 0 Å². The first-order chi connectivity index (χ1) is 8.49. The predicted octanol–water partition coefficient (Wildman–Crippen LogP) is -15.0. The number of rotatable bonds is 0. The summed E-state index contributed by atoms with van der Waals surface area (Å²) in [6, 6.07) is 0. The first-order valence-corrected chi connectivity index (χ1v) is 12.6. The molecular weight excluding hydrogens is 714 g/mol. The zero-order valence-corrected chi connectivity index (χ0v) is 29.5. The summed E-state index contributed by atoms with van der Waals surface area (Å²) in [5, 5.41) is 1.25. The maximum absolute atomic E-state index is 9.12. The van der Waals surface area contributed by atoms with Crippen molar-refractivity contribution in [1.82, 2.24) is 0 Å². The SMILES string of the molecule is FOF.[Li+].[O]=[GeH][O-].[O]=[GeH][O-].[O]=[GeH][O-].[O]=[GeH][O-].[O]=[GeH][O-].[Rb+].[Sc+3]. The minimum atomic E-state index is -2.19. The van der Waals surface area contributed by atoms with Crippen molar-refractivity contribution in [2.75, 3.05) is 0 Å². The van der Waals surface area contributed by atoms with Crippen LogP contribution in [0, 0.1) is 0 Å². The van der Waals surface area contributed by atoms with Crippen molar-refractivity contribution in [2.45, 2.75) is 0 Å². The van der Waals surface area contributed by atoms with E-state index in [1.54, 1.807) is 0 Å². The van der Waals surface area contributed by atoms with E-state index < -0.39 is 78.5 Å². The van der Waals surface area contributed by atoms with Gasteiger partial charge < -0.3 is 0 Å². The molecule has 0 aliphatic rings. The van der Waals surface area contributed by atoms with E-state index >= 15 is 0 Å². The molecule has 110 valence electrons. The average molecular weight is 719 g/mol. The van der Waals surface area contributed by atoms with Crippen LogP contribution in [0.3, 0.4) is 0 Å². The molecule has 0 bridgehead atoms. The van der Waals surface area contributed by atoms with Crippen LogP contribution in [0.4, 0.5) is 9.05 Å². The van der Waals surface area contributed by atoms with E-state index in [1.165, 1.54) is 5.15 Å². The second-order valence-electron chi connectivity index (χ2n) is 0.539. The maximum atomic E-state index is 9.12. The van der Waals surface area contributed by atoms with Gasteiger partial charge in [0.25, 0.3) is 0 Å². The van der Waals surface area contributed by atoms with Gasteiger partial charge in [-0.2, -0.15) is 0 Å². The smallest absolute Gasteiger partial charge is 1.00 e. The monoisotopic (exact) mass is 725 g/mol. The van der Waals surface area contributed by atoms with Gasteiger partial charge in [-0.3, -0.25) is 0 Å². The van der Waals surface area contributed by atoms with Crippen molar-refractivity contribution in [3.8, 4) is 0 Å².